The highest BCUT2D eigenvalue weighted by Gasteiger charge is 2.05. The third-order valence-corrected chi connectivity index (χ3v) is 4.16. The molecule has 0 saturated heterocycles. The van der Waals surface area contributed by atoms with Crippen LogP contribution in [0.1, 0.15) is 21.5 Å². The maximum atomic E-state index is 11.1. The van der Waals surface area contributed by atoms with E-state index in [-0.39, 0.29) is 0 Å². The van der Waals surface area contributed by atoms with Gasteiger partial charge in [-0.15, -0.1) is 0 Å². The molecule has 0 unspecified atom stereocenters. The quantitative estimate of drug-likeness (QED) is 0.763. The number of benzene rings is 2. The molecule has 0 atom stereocenters. The summed E-state index contributed by atoms with van der Waals surface area (Å²) in [5, 5.41) is 4.09. The van der Waals surface area contributed by atoms with Crippen LogP contribution in [0.15, 0.2) is 36.4 Å². The average Bonchev–Trinajstić information content (AvgIpc) is 2.38. The molecule has 3 N–H and O–H groups in total. The summed E-state index contributed by atoms with van der Waals surface area (Å²) in [7, 11) is 0. The monoisotopic (exact) mass is 400 g/mol. The molecule has 0 aliphatic heterocycles. The van der Waals surface area contributed by atoms with Crippen LogP contribution in [0.2, 0.25) is 5.02 Å². The molecule has 0 aromatic heterocycles. The van der Waals surface area contributed by atoms with Crippen LogP contribution in [0.3, 0.4) is 0 Å². The Hall–Kier alpha value is -1.27. The summed E-state index contributed by atoms with van der Waals surface area (Å²) in [6.07, 6.45) is 0. The minimum absolute atomic E-state index is 0.403. The lowest BCUT2D eigenvalue weighted by molar-refractivity contribution is 0.1000. The van der Waals surface area contributed by atoms with Crippen molar-refractivity contribution in [3.8, 4) is 0 Å². The standard InChI is InChI=1S/C15H14ClIN2O/c1-9-6-10(15(18)20)2-3-11(9)8-19-14-5-4-12(16)7-13(14)17/h2-7,19H,8H2,1H3,(H2,18,20). The fourth-order valence-electron chi connectivity index (χ4n) is 1.87. The first kappa shape index (κ1) is 15.1. The van der Waals surface area contributed by atoms with Gasteiger partial charge in [0.2, 0.25) is 5.91 Å². The number of nitrogens with one attached hydrogen (secondary N) is 1. The van der Waals surface area contributed by atoms with Crippen molar-refractivity contribution in [2.75, 3.05) is 5.32 Å². The molecule has 20 heavy (non-hydrogen) atoms. The number of carbonyl (C=O) groups excluding carboxylic acids is 1. The van der Waals surface area contributed by atoms with Gasteiger partial charge in [-0.05, 0) is 71.0 Å². The van der Waals surface area contributed by atoms with Gasteiger partial charge in [0, 0.05) is 26.4 Å². The van der Waals surface area contributed by atoms with E-state index in [1.807, 2.05) is 37.3 Å². The van der Waals surface area contributed by atoms with E-state index in [1.54, 1.807) is 6.07 Å². The van der Waals surface area contributed by atoms with Gasteiger partial charge in [0.15, 0.2) is 0 Å². The molecule has 0 radical (unpaired) electrons. The molecule has 0 fully saturated rings. The average molecular weight is 401 g/mol. The summed E-state index contributed by atoms with van der Waals surface area (Å²) in [4.78, 5) is 11.1. The second kappa shape index (κ2) is 6.45. The fourth-order valence-corrected chi connectivity index (χ4v) is 2.93. The molecule has 0 heterocycles. The molecule has 0 spiro atoms. The summed E-state index contributed by atoms with van der Waals surface area (Å²) in [5.41, 5.74) is 9.00. The highest BCUT2D eigenvalue weighted by atomic mass is 127. The molecule has 2 aromatic carbocycles. The Bertz CT molecular complexity index is 658. The summed E-state index contributed by atoms with van der Waals surface area (Å²) in [6.45, 7) is 2.65. The van der Waals surface area contributed by atoms with E-state index in [9.17, 15) is 4.79 Å². The number of hydrogen-bond acceptors (Lipinski definition) is 2. The summed E-state index contributed by atoms with van der Waals surface area (Å²) in [5.74, 6) is -0.403. The van der Waals surface area contributed by atoms with Crippen LogP contribution in [-0.2, 0) is 6.54 Å². The Morgan fingerprint density at radius 3 is 2.65 bits per heavy atom. The van der Waals surface area contributed by atoms with Crippen LogP contribution in [0.5, 0.6) is 0 Å². The number of halogens is 2. The van der Waals surface area contributed by atoms with Gasteiger partial charge in [-0.25, -0.2) is 0 Å². The van der Waals surface area contributed by atoms with Crippen molar-refractivity contribution in [2.45, 2.75) is 13.5 Å². The van der Waals surface area contributed by atoms with E-state index in [4.69, 9.17) is 17.3 Å². The second-order valence-corrected chi connectivity index (χ2v) is 6.08. The zero-order valence-electron chi connectivity index (χ0n) is 10.9. The van der Waals surface area contributed by atoms with Gasteiger partial charge < -0.3 is 11.1 Å². The van der Waals surface area contributed by atoms with Gasteiger partial charge in [-0.3, -0.25) is 4.79 Å². The predicted molar refractivity (Wildman–Crippen MR) is 91.2 cm³/mol. The molecule has 2 rings (SSSR count). The van der Waals surface area contributed by atoms with Gasteiger partial charge in [0.1, 0.15) is 0 Å². The van der Waals surface area contributed by atoms with Crippen molar-refractivity contribution in [2.24, 2.45) is 5.73 Å². The number of primary amides is 1. The van der Waals surface area contributed by atoms with Crippen LogP contribution in [0, 0.1) is 10.5 Å². The lowest BCUT2D eigenvalue weighted by Gasteiger charge is -2.11. The van der Waals surface area contributed by atoms with E-state index >= 15 is 0 Å². The lowest BCUT2D eigenvalue weighted by Crippen LogP contribution is -2.12. The number of anilines is 1. The summed E-state index contributed by atoms with van der Waals surface area (Å²) in [6, 6.07) is 11.2. The minimum Gasteiger partial charge on any atom is -0.380 e. The molecule has 0 bridgehead atoms. The second-order valence-electron chi connectivity index (χ2n) is 4.48. The Balaban J connectivity index is 2.13. The van der Waals surface area contributed by atoms with Gasteiger partial charge in [0.25, 0.3) is 0 Å². The van der Waals surface area contributed by atoms with Crippen molar-refractivity contribution in [1.29, 1.82) is 0 Å². The maximum absolute atomic E-state index is 11.1. The Morgan fingerprint density at radius 1 is 1.30 bits per heavy atom. The van der Waals surface area contributed by atoms with Crippen LogP contribution in [0.4, 0.5) is 5.69 Å². The number of hydrogen-bond donors (Lipinski definition) is 2. The van der Waals surface area contributed by atoms with Crippen molar-refractivity contribution in [1.82, 2.24) is 0 Å². The first-order valence-electron chi connectivity index (χ1n) is 6.05. The SMILES string of the molecule is Cc1cc(C(N)=O)ccc1CNc1ccc(Cl)cc1I. The fraction of sp³-hybridized carbons (Fsp3) is 0.133. The topological polar surface area (TPSA) is 55.1 Å². The van der Waals surface area contributed by atoms with Crippen molar-refractivity contribution >= 4 is 45.8 Å². The molecule has 1 amide bonds. The highest BCUT2D eigenvalue weighted by molar-refractivity contribution is 14.1. The number of aryl methyl sites for hydroxylation is 1. The molecular formula is C15H14ClIN2O. The number of carbonyl (C=O) groups is 1. The normalized spacial score (nSPS) is 10.3. The van der Waals surface area contributed by atoms with Crippen LogP contribution < -0.4 is 11.1 Å². The Morgan fingerprint density at radius 2 is 2.05 bits per heavy atom. The number of nitrogens with two attached hydrogens (primary N) is 1. The minimum atomic E-state index is -0.403. The van der Waals surface area contributed by atoms with Crippen molar-refractivity contribution in [3.05, 3.63) is 61.7 Å². The first-order chi connectivity index (χ1) is 9.47. The number of rotatable bonds is 4. The van der Waals surface area contributed by atoms with Gasteiger partial charge in [-0.1, -0.05) is 17.7 Å². The highest BCUT2D eigenvalue weighted by Crippen LogP contribution is 2.23. The van der Waals surface area contributed by atoms with Crippen molar-refractivity contribution in [3.63, 3.8) is 0 Å². The van der Waals surface area contributed by atoms with Gasteiger partial charge in [-0.2, -0.15) is 0 Å². The van der Waals surface area contributed by atoms with E-state index in [1.165, 1.54) is 0 Å². The molecule has 3 nitrogen and oxygen atoms in total. The third-order valence-electron chi connectivity index (χ3n) is 3.03. The van der Waals surface area contributed by atoms with E-state index in [2.05, 4.69) is 27.9 Å². The van der Waals surface area contributed by atoms with E-state index in [0.29, 0.717) is 12.1 Å². The summed E-state index contributed by atoms with van der Waals surface area (Å²) < 4.78 is 1.07. The number of amides is 1. The molecule has 0 saturated carbocycles. The first-order valence-corrected chi connectivity index (χ1v) is 7.51. The molecule has 0 aliphatic rings. The largest absolute Gasteiger partial charge is 0.380 e. The van der Waals surface area contributed by atoms with E-state index < -0.39 is 5.91 Å². The predicted octanol–water partition coefficient (Wildman–Crippen LogP) is 3.96. The van der Waals surface area contributed by atoms with Crippen LogP contribution in [-0.4, -0.2) is 5.91 Å². The summed E-state index contributed by atoms with van der Waals surface area (Å²) >= 11 is 8.17. The Kier molecular flexibility index (Phi) is 4.88. The molecular weight excluding hydrogens is 387 g/mol. The zero-order valence-corrected chi connectivity index (χ0v) is 13.8. The smallest absolute Gasteiger partial charge is 0.248 e. The third kappa shape index (κ3) is 3.64. The Labute approximate surface area is 136 Å². The molecule has 5 heteroatoms. The zero-order chi connectivity index (χ0) is 14.7. The van der Waals surface area contributed by atoms with E-state index in [0.717, 1.165) is 25.4 Å². The van der Waals surface area contributed by atoms with Crippen molar-refractivity contribution < 1.29 is 4.79 Å². The van der Waals surface area contributed by atoms with Crippen LogP contribution >= 0.6 is 34.2 Å². The molecule has 0 aliphatic carbocycles. The lowest BCUT2D eigenvalue weighted by atomic mass is 10.0. The van der Waals surface area contributed by atoms with Gasteiger partial charge >= 0.3 is 0 Å². The maximum Gasteiger partial charge on any atom is 0.248 e. The molecule has 104 valence electrons. The van der Waals surface area contributed by atoms with Crippen LogP contribution in [0.25, 0.3) is 0 Å². The molecule has 2 aromatic rings. The van der Waals surface area contributed by atoms with Gasteiger partial charge in [0.05, 0.1) is 0 Å².